The third kappa shape index (κ3) is 4.27. The third-order valence-electron chi connectivity index (χ3n) is 10.6. The zero-order chi connectivity index (χ0) is 35.3. The number of fused-ring (bicyclic) bond motifs is 10. The Balaban J connectivity index is 1.11. The fourth-order valence-corrected chi connectivity index (χ4v) is 9.24. The van der Waals surface area contributed by atoms with Crippen molar-refractivity contribution in [2.75, 3.05) is 0 Å². The molecule has 7 aromatic carbocycles. The lowest BCUT2D eigenvalue weighted by Gasteiger charge is -2.22. The molecule has 0 unspecified atom stereocenters. The van der Waals surface area contributed by atoms with E-state index in [9.17, 15) is 0 Å². The quantitative estimate of drug-likeness (QED) is 0.182. The number of rotatable bonds is 4. The lowest BCUT2D eigenvalue weighted by atomic mass is 10.1. The van der Waals surface area contributed by atoms with Gasteiger partial charge in [-0.25, -0.2) is 15.0 Å². The molecule has 0 bridgehead atoms. The average Bonchev–Trinajstić information content (AvgIpc) is 3.90. The van der Waals surface area contributed by atoms with Crippen molar-refractivity contribution in [2.24, 2.45) is 0 Å². The maximum absolute atomic E-state index is 6.28. The topological polar surface area (TPSA) is 61.7 Å². The molecule has 4 aromatic heterocycles. The highest BCUT2D eigenvalue weighted by molar-refractivity contribution is 7.99. The van der Waals surface area contributed by atoms with Crippen LogP contribution < -0.4 is 0 Å². The largest absolute Gasteiger partial charge is 0.456 e. The maximum atomic E-state index is 6.28. The van der Waals surface area contributed by atoms with Crippen LogP contribution in [0.25, 0.3) is 100 Å². The Bertz CT molecular complexity index is 3310. The van der Waals surface area contributed by atoms with E-state index in [1.165, 1.54) is 37.0 Å². The molecule has 1 aliphatic heterocycles. The standard InChI is InChI=1S/C47H27N5OS/c1-3-12-28(13-4-1)44-48-45(50-46(49-44)30-22-24-33-32-16-8-10-20-38(32)53-39(33)27-30)29-23-25-40-37(26-29)52-43-35(18-11-21-41(43)54-40)42-34-17-7-9-19-36(34)51(47(42)52)31-14-5-2-6-15-31/h1-27H. The second kappa shape index (κ2) is 11.3. The van der Waals surface area contributed by atoms with Gasteiger partial charge in [0.1, 0.15) is 16.8 Å². The van der Waals surface area contributed by atoms with Crippen molar-refractivity contribution < 1.29 is 4.42 Å². The summed E-state index contributed by atoms with van der Waals surface area (Å²) in [5.41, 5.74) is 10.1. The van der Waals surface area contributed by atoms with Gasteiger partial charge in [0.2, 0.25) is 0 Å². The van der Waals surface area contributed by atoms with Crippen LogP contribution in [0, 0.1) is 0 Å². The van der Waals surface area contributed by atoms with Crippen LogP contribution in [0.3, 0.4) is 0 Å². The fourth-order valence-electron chi connectivity index (χ4n) is 8.17. The van der Waals surface area contributed by atoms with E-state index in [0.717, 1.165) is 55.7 Å². The molecule has 7 heteroatoms. The second-order valence-corrected chi connectivity index (χ2v) is 14.7. The average molecular weight is 710 g/mol. The van der Waals surface area contributed by atoms with Crippen LogP contribution in [0.1, 0.15) is 0 Å². The van der Waals surface area contributed by atoms with Crippen molar-refractivity contribution in [3.8, 4) is 45.5 Å². The van der Waals surface area contributed by atoms with Crippen LogP contribution in [-0.2, 0) is 0 Å². The van der Waals surface area contributed by atoms with E-state index in [4.69, 9.17) is 19.4 Å². The molecular formula is C47H27N5OS. The lowest BCUT2D eigenvalue weighted by molar-refractivity contribution is 0.669. The van der Waals surface area contributed by atoms with E-state index in [0.29, 0.717) is 17.5 Å². The predicted octanol–water partition coefficient (Wildman–Crippen LogP) is 12.3. The SMILES string of the molecule is c1ccc(-c2nc(-c3ccc4c(c3)-n3c5c(cccc5c5c6ccccc6n(-c6ccccc6)c53)S4)nc(-c3ccc4c(c3)oc3ccccc34)n2)cc1. The first-order chi connectivity index (χ1) is 26.8. The fraction of sp³-hybridized carbons (Fsp3) is 0. The summed E-state index contributed by atoms with van der Waals surface area (Å²) in [6.45, 7) is 0. The summed E-state index contributed by atoms with van der Waals surface area (Å²) in [5.74, 6) is 1.82. The van der Waals surface area contributed by atoms with Gasteiger partial charge in [-0.15, -0.1) is 0 Å². The number of furan rings is 1. The molecule has 54 heavy (non-hydrogen) atoms. The van der Waals surface area contributed by atoms with Gasteiger partial charge < -0.3 is 4.42 Å². The molecule has 0 N–H and O–H groups in total. The Labute approximate surface area is 313 Å². The lowest BCUT2D eigenvalue weighted by Crippen LogP contribution is -2.06. The summed E-state index contributed by atoms with van der Waals surface area (Å²) < 4.78 is 11.1. The van der Waals surface area contributed by atoms with Crippen molar-refractivity contribution >= 4 is 66.5 Å². The minimum atomic E-state index is 0.591. The highest BCUT2D eigenvalue weighted by atomic mass is 32.2. The van der Waals surface area contributed by atoms with Crippen LogP contribution in [-0.4, -0.2) is 24.1 Å². The first-order valence-corrected chi connectivity index (χ1v) is 18.8. The minimum absolute atomic E-state index is 0.591. The number of nitrogens with zero attached hydrogens (tertiary/aromatic N) is 5. The van der Waals surface area contributed by atoms with Gasteiger partial charge in [-0.05, 0) is 60.7 Å². The molecule has 0 fully saturated rings. The van der Waals surface area contributed by atoms with Crippen molar-refractivity contribution in [1.82, 2.24) is 24.1 Å². The Morgan fingerprint density at radius 2 is 1.09 bits per heavy atom. The van der Waals surface area contributed by atoms with Gasteiger partial charge in [0.15, 0.2) is 17.5 Å². The first-order valence-electron chi connectivity index (χ1n) is 17.9. The van der Waals surface area contributed by atoms with Gasteiger partial charge in [0.05, 0.1) is 16.7 Å². The molecule has 5 heterocycles. The number of hydrogen-bond donors (Lipinski definition) is 0. The van der Waals surface area contributed by atoms with E-state index in [1.54, 1.807) is 0 Å². The van der Waals surface area contributed by atoms with Gasteiger partial charge in [0.25, 0.3) is 0 Å². The molecule has 0 saturated heterocycles. The van der Waals surface area contributed by atoms with E-state index in [1.807, 2.05) is 66.4 Å². The van der Waals surface area contributed by atoms with Crippen LogP contribution in [0.2, 0.25) is 0 Å². The van der Waals surface area contributed by atoms with Gasteiger partial charge in [0, 0.05) is 59.1 Å². The molecule has 12 rings (SSSR count). The van der Waals surface area contributed by atoms with E-state index < -0.39 is 0 Å². The predicted molar refractivity (Wildman–Crippen MR) is 219 cm³/mol. The molecule has 0 radical (unpaired) electrons. The van der Waals surface area contributed by atoms with Gasteiger partial charge in [-0.3, -0.25) is 9.13 Å². The van der Waals surface area contributed by atoms with Gasteiger partial charge in [-0.2, -0.15) is 0 Å². The number of aromatic nitrogens is 5. The molecule has 0 saturated carbocycles. The Morgan fingerprint density at radius 3 is 1.93 bits per heavy atom. The highest BCUT2D eigenvalue weighted by Gasteiger charge is 2.28. The Kier molecular flexibility index (Phi) is 6.18. The number of para-hydroxylation sites is 4. The minimum Gasteiger partial charge on any atom is -0.456 e. The summed E-state index contributed by atoms with van der Waals surface area (Å²) in [7, 11) is 0. The maximum Gasteiger partial charge on any atom is 0.164 e. The van der Waals surface area contributed by atoms with Crippen molar-refractivity contribution in [3.05, 3.63) is 164 Å². The molecule has 0 spiro atoms. The summed E-state index contributed by atoms with van der Waals surface area (Å²) >= 11 is 1.81. The second-order valence-electron chi connectivity index (χ2n) is 13.6. The van der Waals surface area contributed by atoms with Crippen LogP contribution in [0.5, 0.6) is 0 Å². The summed E-state index contributed by atoms with van der Waals surface area (Å²) in [5, 5.41) is 5.88. The summed E-state index contributed by atoms with van der Waals surface area (Å²) in [4.78, 5) is 17.7. The molecule has 1 aliphatic rings. The first kappa shape index (κ1) is 29.6. The zero-order valence-electron chi connectivity index (χ0n) is 28.6. The summed E-state index contributed by atoms with van der Waals surface area (Å²) in [6, 6.07) is 57.1. The third-order valence-corrected chi connectivity index (χ3v) is 11.7. The van der Waals surface area contributed by atoms with Gasteiger partial charge in [-0.1, -0.05) is 115 Å². The smallest absolute Gasteiger partial charge is 0.164 e. The molecule has 0 aliphatic carbocycles. The van der Waals surface area contributed by atoms with E-state index in [-0.39, 0.29) is 0 Å². The molecule has 6 nitrogen and oxygen atoms in total. The van der Waals surface area contributed by atoms with Crippen LogP contribution in [0.15, 0.2) is 178 Å². The normalized spacial score (nSPS) is 12.4. The Morgan fingerprint density at radius 1 is 0.444 bits per heavy atom. The Hall–Kier alpha value is -6.96. The molecule has 0 atom stereocenters. The molecular weight excluding hydrogens is 683 g/mol. The molecule has 0 amide bonds. The van der Waals surface area contributed by atoms with Crippen LogP contribution in [0.4, 0.5) is 0 Å². The molecule has 11 aromatic rings. The van der Waals surface area contributed by atoms with Crippen molar-refractivity contribution in [1.29, 1.82) is 0 Å². The zero-order valence-corrected chi connectivity index (χ0v) is 29.5. The van der Waals surface area contributed by atoms with E-state index in [2.05, 4.69) is 118 Å². The van der Waals surface area contributed by atoms with Gasteiger partial charge >= 0.3 is 0 Å². The van der Waals surface area contributed by atoms with E-state index >= 15 is 0 Å². The highest BCUT2D eigenvalue weighted by Crippen LogP contribution is 2.50. The monoisotopic (exact) mass is 709 g/mol. The summed E-state index contributed by atoms with van der Waals surface area (Å²) in [6.07, 6.45) is 0. The number of hydrogen-bond acceptors (Lipinski definition) is 5. The van der Waals surface area contributed by atoms with Crippen molar-refractivity contribution in [2.45, 2.75) is 9.79 Å². The molecule has 252 valence electrons. The number of benzene rings is 7. The van der Waals surface area contributed by atoms with Crippen molar-refractivity contribution in [3.63, 3.8) is 0 Å². The van der Waals surface area contributed by atoms with Crippen LogP contribution >= 0.6 is 11.8 Å².